The highest BCUT2D eigenvalue weighted by molar-refractivity contribution is 5.90. The fourth-order valence-electron chi connectivity index (χ4n) is 3.68. The normalized spacial score (nSPS) is 25.1. The molecular weight excluding hydrogens is 374 g/mol. The van der Waals surface area contributed by atoms with Gasteiger partial charge in [0.2, 0.25) is 0 Å². The first-order chi connectivity index (χ1) is 14.2. The monoisotopic (exact) mass is 395 g/mol. The molecule has 1 aromatic heterocycles. The minimum Gasteiger partial charge on any atom is -0.483 e. The van der Waals surface area contributed by atoms with Gasteiger partial charge in [-0.1, -0.05) is 42.5 Å². The topological polar surface area (TPSA) is 114 Å². The van der Waals surface area contributed by atoms with Crippen LogP contribution in [0.15, 0.2) is 54.6 Å². The van der Waals surface area contributed by atoms with Gasteiger partial charge in [-0.3, -0.25) is 4.79 Å². The van der Waals surface area contributed by atoms with E-state index in [-0.39, 0.29) is 24.7 Å². The number of carbonyl (C=O) groups is 1. The van der Waals surface area contributed by atoms with E-state index in [0.29, 0.717) is 19.0 Å². The highest BCUT2D eigenvalue weighted by atomic mass is 16.6. The first-order valence-electron chi connectivity index (χ1n) is 9.29. The second-order valence-corrected chi connectivity index (χ2v) is 6.80. The highest BCUT2D eigenvalue weighted by Gasteiger charge is 2.47. The predicted molar refractivity (Wildman–Crippen MR) is 107 cm³/mol. The molecule has 150 valence electrons. The summed E-state index contributed by atoms with van der Waals surface area (Å²) in [4.78, 5) is 17.8. The molecule has 3 aromatic rings. The zero-order valence-corrected chi connectivity index (χ0v) is 15.5. The quantitative estimate of drug-likeness (QED) is 0.577. The van der Waals surface area contributed by atoms with Crippen LogP contribution in [0.2, 0.25) is 0 Å². The van der Waals surface area contributed by atoms with Gasteiger partial charge in [0.05, 0.1) is 24.8 Å². The van der Waals surface area contributed by atoms with Gasteiger partial charge in [0.15, 0.2) is 5.82 Å². The smallest absolute Gasteiger partial charge is 0.290 e. The Kier molecular flexibility index (Phi) is 5.66. The van der Waals surface area contributed by atoms with Crippen molar-refractivity contribution in [2.75, 3.05) is 18.5 Å². The number of para-hydroxylation sites is 1. The summed E-state index contributed by atoms with van der Waals surface area (Å²) in [6, 6.07) is 17.8. The Balaban J connectivity index is 0.000000645. The van der Waals surface area contributed by atoms with E-state index in [0.717, 1.165) is 22.3 Å². The molecule has 5 rings (SSSR count). The van der Waals surface area contributed by atoms with Gasteiger partial charge in [-0.2, -0.15) is 0 Å². The number of rotatable bonds is 3. The number of aliphatic hydroxyl groups is 1. The van der Waals surface area contributed by atoms with Crippen LogP contribution in [0.4, 0.5) is 5.82 Å². The van der Waals surface area contributed by atoms with Gasteiger partial charge in [-0.05, 0) is 12.1 Å². The van der Waals surface area contributed by atoms with E-state index in [1.54, 1.807) is 0 Å². The molecule has 4 atom stereocenters. The second kappa shape index (κ2) is 8.52. The molecule has 29 heavy (non-hydrogen) atoms. The number of fused-ring (bicyclic) bond motifs is 2. The molecule has 2 aliphatic rings. The number of nitrogens with one attached hydrogen (secondary N) is 1. The lowest BCUT2D eigenvalue weighted by Crippen LogP contribution is -2.36. The highest BCUT2D eigenvalue weighted by Crippen LogP contribution is 2.31. The molecule has 0 radical (unpaired) electrons. The first-order valence-corrected chi connectivity index (χ1v) is 9.29. The molecule has 0 unspecified atom stereocenters. The van der Waals surface area contributed by atoms with E-state index in [2.05, 4.69) is 5.32 Å². The number of anilines is 1. The molecule has 0 spiro atoms. The number of hydrogen-bond donors (Lipinski definition) is 3. The maximum atomic E-state index is 9.94. The number of carboxylic acid groups (broad SMARTS) is 1. The summed E-state index contributed by atoms with van der Waals surface area (Å²) in [7, 11) is 0. The van der Waals surface area contributed by atoms with Crippen molar-refractivity contribution in [3.8, 4) is 11.4 Å². The average molecular weight is 395 g/mol. The van der Waals surface area contributed by atoms with Crippen molar-refractivity contribution in [1.82, 2.24) is 9.97 Å². The number of benzene rings is 2. The van der Waals surface area contributed by atoms with Crippen LogP contribution in [0.1, 0.15) is 0 Å². The Bertz CT molecular complexity index is 984. The van der Waals surface area contributed by atoms with Gasteiger partial charge in [-0.15, -0.1) is 0 Å². The molecular formula is C21H21N3O5. The first kappa shape index (κ1) is 19.3. The standard InChI is InChI=1S/C20H19N3O3.CH2O2/c24-16-11-26-17-15(10-25-18(16)17)22-20-13-8-4-5-9-14(13)21-19(23-20)12-6-2-1-3-7-12;2-1-3/h1-9,15-18,24H,10-11H2,(H,21,22,23);1H,(H,2,3)/t15-,16-,17-,18-;/m1./s1. The van der Waals surface area contributed by atoms with Crippen molar-refractivity contribution in [2.24, 2.45) is 0 Å². The van der Waals surface area contributed by atoms with Gasteiger partial charge in [0.1, 0.15) is 24.1 Å². The summed E-state index contributed by atoms with van der Waals surface area (Å²) in [6.07, 6.45) is -0.998. The summed E-state index contributed by atoms with van der Waals surface area (Å²) in [5.74, 6) is 1.43. The fraction of sp³-hybridized carbons (Fsp3) is 0.286. The van der Waals surface area contributed by atoms with E-state index in [9.17, 15) is 5.11 Å². The van der Waals surface area contributed by atoms with Crippen LogP contribution in [0.5, 0.6) is 0 Å². The van der Waals surface area contributed by atoms with Gasteiger partial charge in [0.25, 0.3) is 6.47 Å². The zero-order chi connectivity index (χ0) is 20.2. The summed E-state index contributed by atoms with van der Waals surface area (Å²) >= 11 is 0. The largest absolute Gasteiger partial charge is 0.483 e. The Labute approximate surface area is 167 Å². The third kappa shape index (κ3) is 3.91. The minimum atomic E-state index is -0.561. The van der Waals surface area contributed by atoms with Crippen molar-refractivity contribution < 1.29 is 24.5 Å². The molecule has 0 bridgehead atoms. The lowest BCUT2D eigenvalue weighted by atomic mass is 10.1. The van der Waals surface area contributed by atoms with E-state index < -0.39 is 6.10 Å². The third-order valence-electron chi connectivity index (χ3n) is 4.98. The number of aromatic nitrogens is 2. The maximum absolute atomic E-state index is 9.94. The molecule has 8 nitrogen and oxygen atoms in total. The van der Waals surface area contributed by atoms with Gasteiger partial charge in [-0.25, -0.2) is 9.97 Å². The molecule has 2 aromatic carbocycles. The van der Waals surface area contributed by atoms with Crippen LogP contribution >= 0.6 is 0 Å². The number of nitrogens with zero attached hydrogens (tertiary/aromatic N) is 2. The van der Waals surface area contributed by atoms with E-state index >= 15 is 0 Å². The lowest BCUT2D eigenvalue weighted by Gasteiger charge is -2.19. The molecule has 2 saturated heterocycles. The van der Waals surface area contributed by atoms with E-state index in [4.69, 9.17) is 29.3 Å². The maximum Gasteiger partial charge on any atom is 0.290 e. The van der Waals surface area contributed by atoms with Crippen molar-refractivity contribution in [1.29, 1.82) is 0 Å². The predicted octanol–water partition coefficient (Wildman–Crippen LogP) is 1.94. The molecule has 3 heterocycles. The van der Waals surface area contributed by atoms with Crippen LogP contribution in [0, 0.1) is 0 Å². The van der Waals surface area contributed by atoms with E-state index in [1.165, 1.54) is 0 Å². The summed E-state index contributed by atoms with van der Waals surface area (Å²) < 4.78 is 11.4. The Morgan fingerprint density at radius 2 is 1.66 bits per heavy atom. The Morgan fingerprint density at radius 3 is 2.45 bits per heavy atom. The van der Waals surface area contributed by atoms with E-state index in [1.807, 2.05) is 54.6 Å². The number of hydrogen-bond acceptors (Lipinski definition) is 7. The molecule has 0 saturated carbocycles. The summed E-state index contributed by atoms with van der Waals surface area (Å²) in [5, 5.41) is 21.3. The van der Waals surface area contributed by atoms with Crippen molar-refractivity contribution in [3.63, 3.8) is 0 Å². The molecule has 3 N–H and O–H groups in total. The summed E-state index contributed by atoms with van der Waals surface area (Å²) in [5.41, 5.74) is 1.85. The average Bonchev–Trinajstić information content (AvgIpc) is 3.32. The van der Waals surface area contributed by atoms with Crippen molar-refractivity contribution >= 4 is 23.2 Å². The van der Waals surface area contributed by atoms with Crippen LogP contribution in [-0.2, 0) is 14.3 Å². The fourth-order valence-corrected chi connectivity index (χ4v) is 3.68. The molecule has 0 aliphatic carbocycles. The van der Waals surface area contributed by atoms with Crippen LogP contribution in [-0.4, -0.2) is 64.2 Å². The van der Waals surface area contributed by atoms with Crippen molar-refractivity contribution in [2.45, 2.75) is 24.4 Å². The van der Waals surface area contributed by atoms with Crippen LogP contribution in [0.25, 0.3) is 22.3 Å². The zero-order valence-electron chi connectivity index (χ0n) is 15.5. The Morgan fingerprint density at radius 1 is 0.966 bits per heavy atom. The van der Waals surface area contributed by atoms with Gasteiger partial charge < -0.3 is 25.0 Å². The van der Waals surface area contributed by atoms with Crippen LogP contribution in [0.3, 0.4) is 0 Å². The Hall–Kier alpha value is -3.07. The molecule has 2 aliphatic heterocycles. The number of ether oxygens (including phenoxy) is 2. The number of aliphatic hydroxyl groups excluding tert-OH is 1. The van der Waals surface area contributed by atoms with Gasteiger partial charge >= 0.3 is 0 Å². The minimum absolute atomic E-state index is 0.0564. The van der Waals surface area contributed by atoms with Crippen molar-refractivity contribution in [3.05, 3.63) is 54.6 Å². The molecule has 0 amide bonds. The third-order valence-corrected chi connectivity index (χ3v) is 4.98. The lowest BCUT2D eigenvalue weighted by molar-refractivity contribution is -0.122. The second-order valence-electron chi connectivity index (χ2n) is 6.80. The van der Waals surface area contributed by atoms with Crippen LogP contribution < -0.4 is 5.32 Å². The molecule has 8 heteroatoms. The molecule has 2 fully saturated rings. The SMILES string of the molecule is O=CO.O[C@@H]1CO[C@H]2[C@@H]1OC[C@H]2Nc1nc(-c2ccccc2)nc2ccccc12. The summed E-state index contributed by atoms with van der Waals surface area (Å²) in [6.45, 7) is 0.540. The van der Waals surface area contributed by atoms with Gasteiger partial charge in [0, 0.05) is 10.9 Å².